The highest BCUT2D eigenvalue weighted by molar-refractivity contribution is 6.30. The summed E-state index contributed by atoms with van der Waals surface area (Å²) >= 11 is 5.96. The van der Waals surface area contributed by atoms with Gasteiger partial charge in [0, 0.05) is 44.6 Å². The van der Waals surface area contributed by atoms with Crippen LogP contribution in [0.4, 0.5) is 13.6 Å². The summed E-state index contributed by atoms with van der Waals surface area (Å²) < 4.78 is 39.0. The lowest BCUT2D eigenvalue weighted by atomic mass is 9.71. The summed E-state index contributed by atoms with van der Waals surface area (Å²) in [5, 5.41) is 3.23. The van der Waals surface area contributed by atoms with Crippen molar-refractivity contribution < 1.29 is 32.6 Å². The molecule has 0 unspecified atom stereocenters. The smallest absolute Gasteiger partial charge is 0.410 e. The highest BCUT2D eigenvalue weighted by Crippen LogP contribution is 2.42. The number of amides is 2. The van der Waals surface area contributed by atoms with Gasteiger partial charge in [-0.25, -0.2) is 13.6 Å². The van der Waals surface area contributed by atoms with Crippen LogP contribution < -0.4 is 10.1 Å². The number of hydrogen-bond acceptors (Lipinski definition) is 6. The molecule has 3 saturated heterocycles. The van der Waals surface area contributed by atoms with Crippen LogP contribution in [0.3, 0.4) is 0 Å². The van der Waals surface area contributed by atoms with Gasteiger partial charge in [0.25, 0.3) is 0 Å². The van der Waals surface area contributed by atoms with Crippen LogP contribution in [0.25, 0.3) is 0 Å². The Labute approximate surface area is 242 Å². The molecule has 2 aromatic carbocycles. The number of carbonyl (C=O) groups excluding carboxylic acids is 3. The van der Waals surface area contributed by atoms with Crippen molar-refractivity contribution in [1.82, 2.24) is 15.1 Å². The van der Waals surface area contributed by atoms with E-state index < -0.39 is 40.5 Å². The Hall–Kier alpha value is -3.08. The summed E-state index contributed by atoms with van der Waals surface area (Å²) in [4.78, 5) is 44.5. The van der Waals surface area contributed by atoms with Gasteiger partial charge in [-0.15, -0.1) is 0 Å². The van der Waals surface area contributed by atoms with Crippen molar-refractivity contribution in [2.75, 3.05) is 45.9 Å². The zero-order chi connectivity index (χ0) is 29.4. The van der Waals surface area contributed by atoms with Gasteiger partial charge < -0.3 is 19.7 Å². The van der Waals surface area contributed by atoms with E-state index in [0.29, 0.717) is 51.3 Å². The fourth-order valence-corrected chi connectivity index (χ4v) is 6.46. The number of hydrogen-bond donors (Lipinski definition) is 1. The van der Waals surface area contributed by atoms with Crippen LogP contribution in [0, 0.1) is 23.0 Å². The van der Waals surface area contributed by atoms with Gasteiger partial charge in [-0.05, 0) is 68.7 Å². The summed E-state index contributed by atoms with van der Waals surface area (Å²) in [7, 11) is 0. The summed E-state index contributed by atoms with van der Waals surface area (Å²) in [6.07, 6.45) is 0.117. The Bertz CT molecular complexity index is 1310. The normalized spacial score (nSPS) is 24.0. The number of nitrogens with zero attached hydrogens (tertiary/aromatic N) is 2. The summed E-state index contributed by atoms with van der Waals surface area (Å²) in [6.45, 7) is 5.85. The molecular weight excluding hydrogens is 556 g/mol. The summed E-state index contributed by atoms with van der Waals surface area (Å²) in [5.74, 6) is -2.11. The number of Topliss-reactive ketones (excluding diaryl/α,β-unsaturated/α-hetero) is 1. The lowest BCUT2D eigenvalue weighted by Gasteiger charge is -2.46. The Balaban J connectivity index is 1.45. The highest BCUT2D eigenvalue weighted by Gasteiger charge is 2.57. The Morgan fingerprint density at radius 3 is 2.39 bits per heavy atom. The molecule has 220 valence electrons. The van der Waals surface area contributed by atoms with Crippen molar-refractivity contribution in [2.45, 2.75) is 38.1 Å². The predicted octanol–water partition coefficient (Wildman–Crippen LogP) is 4.41. The van der Waals surface area contributed by atoms with Gasteiger partial charge in [0.1, 0.15) is 22.9 Å². The van der Waals surface area contributed by atoms with E-state index in [1.807, 2.05) is 6.92 Å². The number of carbonyl (C=O) groups is 3. The molecule has 0 radical (unpaired) electrons. The average Bonchev–Trinajstić information content (AvgIpc) is 3.39. The monoisotopic (exact) mass is 589 g/mol. The Kier molecular flexibility index (Phi) is 8.36. The molecule has 1 N–H and O–H groups in total. The van der Waals surface area contributed by atoms with E-state index >= 15 is 0 Å². The number of likely N-dealkylation sites (N-methyl/N-ethyl adjacent to an activating group) is 1. The van der Waals surface area contributed by atoms with E-state index in [1.54, 1.807) is 17.9 Å². The molecule has 2 atom stereocenters. The maximum Gasteiger partial charge on any atom is 0.416 e. The molecule has 5 rings (SSSR count). The maximum atomic E-state index is 14.6. The Morgan fingerprint density at radius 1 is 1.12 bits per heavy atom. The third kappa shape index (κ3) is 5.45. The summed E-state index contributed by atoms with van der Waals surface area (Å²) in [5.41, 5.74) is -1.39. The molecule has 0 saturated carbocycles. The van der Waals surface area contributed by atoms with Crippen molar-refractivity contribution in [3.63, 3.8) is 0 Å². The van der Waals surface area contributed by atoms with Crippen LogP contribution in [0.15, 0.2) is 42.5 Å². The predicted molar refractivity (Wildman–Crippen MR) is 148 cm³/mol. The lowest BCUT2D eigenvalue weighted by molar-refractivity contribution is -0.170. The van der Waals surface area contributed by atoms with Crippen LogP contribution in [0.2, 0.25) is 5.02 Å². The van der Waals surface area contributed by atoms with Gasteiger partial charge in [-0.3, -0.25) is 14.5 Å². The van der Waals surface area contributed by atoms with Gasteiger partial charge in [-0.1, -0.05) is 17.7 Å². The summed E-state index contributed by atoms with van der Waals surface area (Å²) in [6, 6.07) is 9.48. The third-order valence-electron chi connectivity index (χ3n) is 8.64. The average molecular weight is 590 g/mol. The molecule has 2 amide bonds. The molecule has 11 heteroatoms. The molecular formula is C30H34ClF2N3O5. The molecule has 2 aromatic rings. The number of nitrogens with one attached hydrogen (secondary N) is 1. The van der Waals surface area contributed by atoms with Gasteiger partial charge in [0.05, 0.1) is 23.7 Å². The number of rotatable bonds is 7. The van der Waals surface area contributed by atoms with Gasteiger partial charge in [-0.2, -0.15) is 0 Å². The first-order chi connectivity index (χ1) is 19.6. The quantitative estimate of drug-likeness (QED) is 0.515. The molecule has 41 heavy (non-hydrogen) atoms. The SMILES string of the molecule is CCN(C(=O)Oc1ccc(F)cc1)[C@]1(C(=O)C2CCN(C(=O)C3(C)COC3)CC2)CNC[C@H]1c1ccc(Cl)c(F)c1. The van der Waals surface area contributed by atoms with Crippen molar-refractivity contribution in [3.05, 3.63) is 64.7 Å². The minimum atomic E-state index is -1.39. The fourth-order valence-electron chi connectivity index (χ4n) is 6.34. The van der Waals surface area contributed by atoms with Crippen LogP contribution in [0.1, 0.15) is 38.2 Å². The van der Waals surface area contributed by atoms with Crippen molar-refractivity contribution >= 4 is 29.4 Å². The molecule has 0 spiro atoms. The van der Waals surface area contributed by atoms with E-state index in [1.165, 1.54) is 41.3 Å². The molecule has 3 heterocycles. The molecule has 3 aliphatic heterocycles. The minimum Gasteiger partial charge on any atom is -0.410 e. The molecule has 8 nitrogen and oxygen atoms in total. The molecule has 3 fully saturated rings. The number of benzene rings is 2. The maximum absolute atomic E-state index is 14.6. The van der Waals surface area contributed by atoms with E-state index in [4.69, 9.17) is 21.1 Å². The van der Waals surface area contributed by atoms with Crippen LogP contribution in [-0.4, -0.2) is 79.1 Å². The van der Waals surface area contributed by atoms with Gasteiger partial charge in [0.15, 0.2) is 5.78 Å². The number of halogens is 3. The second kappa shape index (κ2) is 11.7. The van der Waals surface area contributed by atoms with Crippen LogP contribution >= 0.6 is 11.6 Å². The van der Waals surface area contributed by atoms with E-state index in [-0.39, 0.29) is 35.6 Å². The molecule has 0 aromatic heterocycles. The number of likely N-dealkylation sites (tertiary alicyclic amines) is 1. The molecule has 3 aliphatic rings. The third-order valence-corrected chi connectivity index (χ3v) is 8.95. The number of piperidine rings is 1. The first kappa shape index (κ1) is 29.4. The van der Waals surface area contributed by atoms with E-state index in [9.17, 15) is 23.2 Å². The molecule has 0 bridgehead atoms. The topological polar surface area (TPSA) is 88.2 Å². The second-order valence-corrected chi connectivity index (χ2v) is 11.7. The van der Waals surface area contributed by atoms with Crippen molar-refractivity contribution in [1.29, 1.82) is 0 Å². The number of ether oxygens (including phenoxy) is 2. The number of ketones is 1. The zero-order valence-electron chi connectivity index (χ0n) is 23.1. The van der Waals surface area contributed by atoms with Gasteiger partial charge >= 0.3 is 6.09 Å². The second-order valence-electron chi connectivity index (χ2n) is 11.3. The van der Waals surface area contributed by atoms with Crippen LogP contribution in [0.5, 0.6) is 5.75 Å². The van der Waals surface area contributed by atoms with Gasteiger partial charge in [0.2, 0.25) is 5.91 Å². The lowest BCUT2D eigenvalue weighted by Crippen LogP contribution is -2.64. The Morgan fingerprint density at radius 2 is 1.80 bits per heavy atom. The van der Waals surface area contributed by atoms with Crippen molar-refractivity contribution in [2.24, 2.45) is 11.3 Å². The van der Waals surface area contributed by atoms with E-state index in [0.717, 1.165) is 0 Å². The van der Waals surface area contributed by atoms with Crippen LogP contribution in [-0.2, 0) is 14.3 Å². The van der Waals surface area contributed by atoms with Crippen molar-refractivity contribution in [3.8, 4) is 5.75 Å². The highest BCUT2D eigenvalue weighted by atomic mass is 35.5. The standard InChI is InChI=1S/C30H34ClF2N3O5/c1-3-36(28(39)41-22-7-5-21(32)6-8-22)30(16-34-15-23(30)20-4-9-24(31)25(33)14-20)26(37)19-10-12-35(13-11-19)27(38)29(2)17-40-18-29/h4-9,14,19,23,34H,3,10-13,15-18H2,1-2H3/t23-,30+/m0/s1. The largest absolute Gasteiger partial charge is 0.416 e. The first-order valence-electron chi connectivity index (χ1n) is 13.9. The zero-order valence-corrected chi connectivity index (χ0v) is 23.9. The first-order valence-corrected chi connectivity index (χ1v) is 14.3. The van der Waals surface area contributed by atoms with E-state index in [2.05, 4.69) is 5.32 Å². The minimum absolute atomic E-state index is 0.0273. The fraction of sp³-hybridized carbons (Fsp3) is 0.500. The molecule has 0 aliphatic carbocycles.